The van der Waals surface area contributed by atoms with E-state index >= 15 is 0 Å². The van der Waals surface area contributed by atoms with Crippen molar-refractivity contribution in [3.05, 3.63) is 74.0 Å². The Balaban J connectivity index is 0.00000253. The fourth-order valence-electron chi connectivity index (χ4n) is 4.25. The molecule has 5 aromatic rings. The molecule has 0 radical (unpaired) electrons. The molecule has 0 aliphatic carbocycles. The fourth-order valence-corrected chi connectivity index (χ4v) is 7.62. The first-order valence-electron chi connectivity index (χ1n) is 10.6. The number of benzene rings is 2. The van der Waals surface area contributed by atoms with Crippen LogP contribution in [0.4, 0.5) is 10.7 Å². The Bertz CT molecular complexity index is 1570. The minimum absolute atomic E-state index is 0. The third-order valence-corrected chi connectivity index (χ3v) is 9.22. The number of hydrogen-bond acceptors (Lipinski definition) is 8. The van der Waals surface area contributed by atoms with Gasteiger partial charge in [0.15, 0.2) is 0 Å². The van der Waals surface area contributed by atoms with Gasteiger partial charge in [0.05, 0.1) is 20.0 Å². The molecule has 2 aromatic carbocycles. The van der Waals surface area contributed by atoms with E-state index in [-0.39, 0.29) is 24.0 Å². The maximum Gasteiger partial charge on any atom is 0.270 e. The molecule has 0 spiro atoms. The van der Waals surface area contributed by atoms with Crippen LogP contribution >= 0.6 is 46.4 Å². The highest BCUT2D eigenvalue weighted by molar-refractivity contribution is 7.23. The Morgan fingerprint density at radius 1 is 1.11 bits per heavy atom. The van der Waals surface area contributed by atoms with E-state index in [2.05, 4.69) is 23.3 Å². The standard InChI is InChI=1S/C24H18N4O3S3.ClH/c1-27-9-8-15-20(12-27)34-24(21(15)23-25-16-4-2-3-5-18(16)33-23)26-22(29)19-11-13-10-14(28(30)31)6-7-17(13)32-19;/h2-7,10-11H,8-9,12H2,1H3,(H,26,29);1H. The normalized spacial score (nSPS) is 13.5. The lowest BCUT2D eigenvalue weighted by Gasteiger charge is -2.22. The van der Waals surface area contributed by atoms with Crippen LogP contribution in [0.25, 0.3) is 30.9 Å². The lowest BCUT2D eigenvalue weighted by Crippen LogP contribution is -2.25. The van der Waals surface area contributed by atoms with Crippen molar-refractivity contribution in [2.75, 3.05) is 18.9 Å². The molecule has 1 N–H and O–H groups in total. The molecule has 1 amide bonds. The van der Waals surface area contributed by atoms with Crippen LogP contribution in [0, 0.1) is 10.1 Å². The van der Waals surface area contributed by atoms with E-state index in [1.165, 1.54) is 33.9 Å². The number of nitrogens with zero attached hydrogens (tertiary/aromatic N) is 3. The van der Waals surface area contributed by atoms with Gasteiger partial charge in [0, 0.05) is 45.7 Å². The quantitative estimate of drug-likeness (QED) is 0.199. The van der Waals surface area contributed by atoms with Gasteiger partial charge in [-0.3, -0.25) is 14.9 Å². The van der Waals surface area contributed by atoms with Crippen LogP contribution in [-0.2, 0) is 13.0 Å². The summed E-state index contributed by atoms with van der Waals surface area (Å²) < 4.78 is 1.96. The lowest BCUT2D eigenvalue weighted by atomic mass is 10.0. The number of nitrogens with one attached hydrogen (secondary N) is 1. The van der Waals surface area contributed by atoms with E-state index in [4.69, 9.17) is 4.98 Å². The summed E-state index contributed by atoms with van der Waals surface area (Å²) in [5.74, 6) is -0.210. The third-order valence-electron chi connectivity index (χ3n) is 5.92. The minimum Gasteiger partial charge on any atom is -0.312 e. The van der Waals surface area contributed by atoms with Crippen molar-refractivity contribution >= 4 is 83.3 Å². The Labute approximate surface area is 218 Å². The molecule has 0 bridgehead atoms. The van der Waals surface area contributed by atoms with Crippen LogP contribution in [0.3, 0.4) is 0 Å². The first-order chi connectivity index (χ1) is 16.5. The molecule has 0 saturated carbocycles. The molecule has 3 aromatic heterocycles. The number of para-hydroxylation sites is 1. The van der Waals surface area contributed by atoms with Crippen LogP contribution in [0.15, 0.2) is 48.5 Å². The summed E-state index contributed by atoms with van der Waals surface area (Å²) in [7, 11) is 2.11. The highest BCUT2D eigenvalue weighted by Crippen LogP contribution is 2.46. The first kappa shape index (κ1) is 23.8. The Morgan fingerprint density at radius 3 is 2.74 bits per heavy atom. The number of carbonyl (C=O) groups is 1. The van der Waals surface area contributed by atoms with Crippen molar-refractivity contribution in [2.24, 2.45) is 0 Å². The number of halogens is 1. The molecule has 0 atom stereocenters. The minimum atomic E-state index is -0.422. The smallest absolute Gasteiger partial charge is 0.270 e. The Hall–Kier alpha value is -2.89. The zero-order valence-electron chi connectivity index (χ0n) is 18.4. The number of carbonyl (C=O) groups excluding carboxylic acids is 1. The van der Waals surface area contributed by atoms with E-state index < -0.39 is 4.92 Å². The number of thiophene rings is 2. The Morgan fingerprint density at radius 2 is 1.94 bits per heavy atom. The van der Waals surface area contributed by atoms with Crippen molar-refractivity contribution < 1.29 is 9.72 Å². The van der Waals surface area contributed by atoms with Gasteiger partial charge in [-0.15, -0.1) is 46.4 Å². The maximum absolute atomic E-state index is 13.3. The molecule has 7 nitrogen and oxygen atoms in total. The van der Waals surface area contributed by atoms with Crippen LogP contribution in [0.5, 0.6) is 0 Å². The number of non-ortho nitro benzene ring substituents is 1. The second-order valence-electron chi connectivity index (χ2n) is 8.23. The average molecular weight is 543 g/mol. The summed E-state index contributed by atoms with van der Waals surface area (Å²) in [5, 5.41) is 16.7. The van der Waals surface area contributed by atoms with Crippen LogP contribution in [0.1, 0.15) is 20.1 Å². The van der Waals surface area contributed by atoms with Crippen LogP contribution in [-0.4, -0.2) is 34.3 Å². The molecule has 4 heterocycles. The van der Waals surface area contributed by atoms with Gasteiger partial charge in [0.25, 0.3) is 11.6 Å². The van der Waals surface area contributed by atoms with E-state index in [1.807, 2.05) is 18.2 Å². The van der Waals surface area contributed by atoms with Gasteiger partial charge in [0.1, 0.15) is 10.0 Å². The summed E-state index contributed by atoms with van der Waals surface area (Å²) in [6.45, 7) is 1.81. The number of anilines is 1. The summed E-state index contributed by atoms with van der Waals surface area (Å²) in [6, 6.07) is 14.5. The lowest BCUT2D eigenvalue weighted by molar-refractivity contribution is -0.384. The van der Waals surface area contributed by atoms with Crippen molar-refractivity contribution in [3.63, 3.8) is 0 Å². The molecule has 1 aliphatic rings. The zero-order valence-corrected chi connectivity index (χ0v) is 21.7. The van der Waals surface area contributed by atoms with Crippen molar-refractivity contribution in [2.45, 2.75) is 13.0 Å². The van der Waals surface area contributed by atoms with E-state index in [1.54, 1.807) is 34.8 Å². The summed E-state index contributed by atoms with van der Waals surface area (Å²) in [5.41, 5.74) is 3.27. The Kier molecular flexibility index (Phi) is 6.32. The molecule has 178 valence electrons. The number of hydrogen-bond donors (Lipinski definition) is 1. The summed E-state index contributed by atoms with van der Waals surface area (Å²) in [6.07, 6.45) is 0.913. The first-order valence-corrected chi connectivity index (χ1v) is 13.1. The predicted molar refractivity (Wildman–Crippen MR) is 147 cm³/mol. The largest absolute Gasteiger partial charge is 0.312 e. The molecular formula is C24H19ClN4O3S3. The molecule has 35 heavy (non-hydrogen) atoms. The molecule has 0 unspecified atom stereocenters. The molecule has 11 heteroatoms. The molecule has 1 aliphatic heterocycles. The van der Waals surface area contributed by atoms with Crippen molar-refractivity contribution in [1.82, 2.24) is 9.88 Å². The second-order valence-corrected chi connectivity index (χ2v) is 11.4. The highest BCUT2D eigenvalue weighted by Gasteiger charge is 2.27. The van der Waals surface area contributed by atoms with Gasteiger partial charge >= 0.3 is 0 Å². The van der Waals surface area contributed by atoms with E-state index in [9.17, 15) is 14.9 Å². The SMILES string of the molecule is CN1CCc2c(sc(NC(=O)c3cc4cc([N+](=O)[O-])ccc4s3)c2-c2nc3ccccc3s2)C1.Cl. The number of nitro benzene ring substituents is 1. The maximum atomic E-state index is 13.3. The van der Waals surface area contributed by atoms with Gasteiger partial charge < -0.3 is 10.2 Å². The molecular weight excluding hydrogens is 524 g/mol. The van der Waals surface area contributed by atoms with Crippen molar-refractivity contribution in [3.8, 4) is 10.6 Å². The number of thiazole rings is 1. The van der Waals surface area contributed by atoms with Gasteiger partial charge in [-0.1, -0.05) is 12.1 Å². The number of fused-ring (bicyclic) bond motifs is 3. The number of rotatable bonds is 4. The van der Waals surface area contributed by atoms with Crippen LogP contribution in [0.2, 0.25) is 0 Å². The fraction of sp³-hybridized carbons (Fsp3) is 0.167. The zero-order chi connectivity index (χ0) is 23.4. The third kappa shape index (κ3) is 4.32. The summed E-state index contributed by atoms with van der Waals surface area (Å²) in [4.78, 5) is 32.9. The van der Waals surface area contributed by atoms with Crippen molar-refractivity contribution in [1.29, 1.82) is 0 Å². The number of nitro groups is 1. The van der Waals surface area contributed by atoms with Gasteiger partial charge in [-0.05, 0) is 43.3 Å². The van der Waals surface area contributed by atoms with Gasteiger partial charge in [-0.2, -0.15) is 0 Å². The van der Waals surface area contributed by atoms with Crippen LogP contribution < -0.4 is 5.32 Å². The summed E-state index contributed by atoms with van der Waals surface area (Å²) >= 11 is 4.59. The number of amides is 1. The molecule has 6 rings (SSSR count). The van der Waals surface area contributed by atoms with E-state index in [0.29, 0.717) is 10.3 Å². The average Bonchev–Trinajstić information content (AvgIpc) is 3.52. The molecule has 0 fully saturated rings. The number of likely N-dealkylation sites (N-methyl/N-ethyl adjacent to an activating group) is 1. The monoisotopic (exact) mass is 542 g/mol. The van der Waals surface area contributed by atoms with Gasteiger partial charge in [0.2, 0.25) is 0 Å². The highest BCUT2D eigenvalue weighted by atomic mass is 35.5. The predicted octanol–water partition coefficient (Wildman–Crippen LogP) is 6.81. The molecule has 0 saturated heterocycles. The second kappa shape index (κ2) is 9.29. The topological polar surface area (TPSA) is 88.4 Å². The number of aromatic nitrogens is 1. The van der Waals surface area contributed by atoms with E-state index in [0.717, 1.165) is 50.0 Å². The van der Waals surface area contributed by atoms with Gasteiger partial charge in [-0.25, -0.2) is 4.98 Å².